The Morgan fingerprint density at radius 2 is 1.91 bits per heavy atom. The number of nitrogens with zero attached hydrogens (tertiary/aromatic N) is 2. The highest BCUT2D eigenvalue weighted by Crippen LogP contribution is 2.41. The van der Waals surface area contributed by atoms with Crippen molar-refractivity contribution in [3.63, 3.8) is 0 Å². The lowest BCUT2D eigenvalue weighted by molar-refractivity contribution is -0.113. The van der Waals surface area contributed by atoms with Crippen molar-refractivity contribution >= 4 is 33.5 Å². The summed E-state index contributed by atoms with van der Waals surface area (Å²) in [6.07, 6.45) is 0. The molecule has 160 valence electrons. The smallest absolute Gasteiger partial charge is 0.162 e. The van der Waals surface area contributed by atoms with E-state index in [1.165, 1.54) is 11.8 Å². The molecule has 0 aromatic heterocycles. The Balaban J connectivity index is 1.79. The highest BCUT2D eigenvalue weighted by molar-refractivity contribution is 8.13. The number of ketones is 1. The lowest BCUT2D eigenvalue weighted by Gasteiger charge is -2.27. The molecule has 1 N–H and O–H groups in total. The fourth-order valence-electron chi connectivity index (χ4n) is 4.02. The monoisotopic (exact) mass is 441 g/mol. The quantitative estimate of drug-likeness (QED) is 0.565. The molecule has 4 rings (SSSR count). The number of nitriles is 1. The fraction of sp³-hybridized carbons (Fsp3) is 0.192. The number of allylic oxidation sites excluding steroid dienone is 1. The maximum atomic E-state index is 12.6. The summed E-state index contributed by atoms with van der Waals surface area (Å²) in [5, 5.41) is 15.4. The zero-order valence-corrected chi connectivity index (χ0v) is 19.0. The number of fused-ring (bicyclic) bond motifs is 1. The number of nitrogens with one attached hydrogen (secondary N) is 1. The van der Waals surface area contributed by atoms with Crippen LogP contribution in [0, 0.1) is 11.3 Å². The third-order valence-electron chi connectivity index (χ3n) is 5.52. The van der Waals surface area contributed by atoms with Gasteiger partial charge in [0.05, 0.1) is 18.7 Å². The number of hydrogen-bond acceptors (Lipinski definition) is 6. The number of aliphatic imine (C=N–C) groups is 1. The van der Waals surface area contributed by atoms with E-state index in [0.717, 1.165) is 27.6 Å². The highest BCUT2D eigenvalue weighted by atomic mass is 32.2. The van der Waals surface area contributed by atoms with Gasteiger partial charge in [-0.1, -0.05) is 60.3 Å². The van der Waals surface area contributed by atoms with Crippen LogP contribution in [0.25, 0.3) is 10.8 Å². The van der Waals surface area contributed by atoms with Crippen LogP contribution in [0.5, 0.6) is 5.75 Å². The Morgan fingerprint density at radius 1 is 1.16 bits per heavy atom. The highest BCUT2D eigenvalue weighted by Gasteiger charge is 2.30. The van der Waals surface area contributed by atoms with E-state index in [9.17, 15) is 10.1 Å². The number of carbonyl (C=O) groups is 1. The van der Waals surface area contributed by atoms with Crippen molar-refractivity contribution in [3.05, 3.63) is 88.6 Å². The van der Waals surface area contributed by atoms with E-state index in [1.54, 1.807) is 14.0 Å². The molecule has 0 saturated carbocycles. The van der Waals surface area contributed by atoms with E-state index >= 15 is 0 Å². The Labute approximate surface area is 191 Å². The average Bonchev–Trinajstić information content (AvgIpc) is 2.81. The number of methoxy groups -OCH3 is 1. The summed E-state index contributed by atoms with van der Waals surface area (Å²) in [6.45, 7) is 3.47. The number of ether oxygens (including phenoxy) is 1. The molecular weight excluding hydrogens is 418 g/mol. The molecule has 0 aliphatic carbocycles. The molecule has 0 amide bonds. The molecule has 3 aromatic rings. The number of amidine groups is 1. The largest absolute Gasteiger partial charge is 0.496 e. The molecule has 6 heteroatoms. The van der Waals surface area contributed by atoms with Crippen molar-refractivity contribution in [1.29, 1.82) is 5.26 Å². The van der Waals surface area contributed by atoms with Crippen LogP contribution >= 0.6 is 11.8 Å². The van der Waals surface area contributed by atoms with Crippen LogP contribution < -0.4 is 10.1 Å². The third-order valence-corrected chi connectivity index (χ3v) is 6.46. The first-order chi connectivity index (χ1) is 15.5. The lowest BCUT2D eigenvalue weighted by atomic mass is 9.89. The summed E-state index contributed by atoms with van der Waals surface area (Å²) >= 11 is 1.52. The van der Waals surface area contributed by atoms with Crippen molar-refractivity contribution < 1.29 is 9.53 Å². The molecule has 1 aliphatic heterocycles. The first-order valence-corrected chi connectivity index (χ1v) is 11.2. The summed E-state index contributed by atoms with van der Waals surface area (Å²) in [6, 6.07) is 21.3. The van der Waals surface area contributed by atoms with E-state index in [2.05, 4.69) is 11.4 Å². The maximum absolute atomic E-state index is 12.6. The van der Waals surface area contributed by atoms with Gasteiger partial charge in [-0.15, -0.1) is 0 Å². The molecule has 5 nitrogen and oxygen atoms in total. The second-order valence-electron chi connectivity index (χ2n) is 7.52. The third kappa shape index (κ3) is 4.12. The molecule has 1 heterocycles. The summed E-state index contributed by atoms with van der Waals surface area (Å²) in [4.78, 5) is 17.6. The molecule has 0 fully saturated rings. The fourth-order valence-corrected chi connectivity index (χ4v) is 4.97. The second kappa shape index (κ2) is 9.29. The molecule has 0 radical (unpaired) electrons. The van der Waals surface area contributed by atoms with Crippen molar-refractivity contribution in [3.8, 4) is 11.8 Å². The molecule has 3 aromatic carbocycles. The Morgan fingerprint density at radius 3 is 2.66 bits per heavy atom. The van der Waals surface area contributed by atoms with Gasteiger partial charge < -0.3 is 10.1 Å². The van der Waals surface area contributed by atoms with E-state index in [0.29, 0.717) is 27.8 Å². The molecule has 1 atom stereocenters. The van der Waals surface area contributed by atoms with Crippen LogP contribution in [0.3, 0.4) is 0 Å². The lowest BCUT2D eigenvalue weighted by Crippen LogP contribution is -2.29. The number of benzene rings is 3. The van der Waals surface area contributed by atoms with Crippen molar-refractivity contribution in [1.82, 2.24) is 5.32 Å². The van der Waals surface area contributed by atoms with Crippen molar-refractivity contribution in [2.24, 2.45) is 4.99 Å². The topological polar surface area (TPSA) is 74.5 Å². The number of carbonyl (C=O) groups excluding carboxylic acids is 1. The number of rotatable bonds is 5. The predicted octanol–water partition coefficient (Wildman–Crippen LogP) is 5.52. The molecule has 1 unspecified atom stereocenters. The van der Waals surface area contributed by atoms with Crippen molar-refractivity contribution in [2.45, 2.75) is 25.6 Å². The molecule has 32 heavy (non-hydrogen) atoms. The minimum Gasteiger partial charge on any atom is -0.496 e. The Bertz CT molecular complexity index is 1300. The minimum atomic E-state index is -0.483. The van der Waals surface area contributed by atoms with E-state index in [1.807, 2.05) is 67.6 Å². The summed E-state index contributed by atoms with van der Waals surface area (Å²) in [5.74, 6) is 1.26. The molecule has 0 bridgehead atoms. The van der Waals surface area contributed by atoms with Gasteiger partial charge in [0, 0.05) is 22.6 Å². The van der Waals surface area contributed by atoms with Gasteiger partial charge in [-0.25, -0.2) is 4.99 Å². The number of thioether (sulfide) groups is 1. The molecule has 1 aliphatic rings. The van der Waals surface area contributed by atoms with E-state index in [-0.39, 0.29) is 5.78 Å². The summed E-state index contributed by atoms with van der Waals surface area (Å²) in [7, 11) is 1.64. The van der Waals surface area contributed by atoms with Crippen LogP contribution in [0.1, 0.15) is 36.6 Å². The second-order valence-corrected chi connectivity index (χ2v) is 8.48. The van der Waals surface area contributed by atoms with E-state index in [4.69, 9.17) is 9.73 Å². The zero-order valence-electron chi connectivity index (χ0n) is 18.2. The molecule has 0 spiro atoms. The minimum absolute atomic E-state index is 0.0300. The zero-order chi connectivity index (χ0) is 22.7. The number of Topliss-reactive ketones (excluding diaryl/α,β-unsaturated/α-hetero) is 1. The van der Waals surface area contributed by atoms with Crippen LogP contribution in [0.2, 0.25) is 0 Å². The van der Waals surface area contributed by atoms with Gasteiger partial charge in [-0.2, -0.15) is 5.26 Å². The van der Waals surface area contributed by atoms with Gasteiger partial charge in [-0.3, -0.25) is 4.79 Å². The van der Waals surface area contributed by atoms with E-state index < -0.39 is 6.04 Å². The number of hydrogen-bond donors (Lipinski definition) is 1. The predicted molar refractivity (Wildman–Crippen MR) is 130 cm³/mol. The maximum Gasteiger partial charge on any atom is 0.162 e. The van der Waals surface area contributed by atoms with Crippen LogP contribution in [-0.2, 0) is 10.5 Å². The summed E-state index contributed by atoms with van der Waals surface area (Å²) in [5.41, 5.74) is 3.89. The molecular formula is C26H23N3O2S. The van der Waals surface area contributed by atoms with Crippen LogP contribution in [-0.4, -0.2) is 18.1 Å². The van der Waals surface area contributed by atoms with Gasteiger partial charge in [0.2, 0.25) is 0 Å². The normalized spacial score (nSPS) is 15.7. The van der Waals surface area contributed by atoms with Gasteiger partial charge in [0.15, 0.2) is 11.0 Å². The van der Waals surface area contributed by atoms with Crippen LogP contribution in [0.15, 0.2) is 76.9 Å². The van der Waals surface area contributed by atoms with Gasteiger partial charge in [-0.05, 0) is 42.3 Å². The Hall–Kier alpha value is -3.56. The van der Waals surface area contributed by atoms with Gasteiger partial charge in [0.25, 0.3) is 0 Å². The molecule has 0 saturated heterocycles. The first kappa shape index (κ1) is 21.7. The Kier molecular flexibility index (Phi) is 6.29. The van der Waals surface area contributed by atoms with Crippen molar-refractivity contribution in [2.75, 3.05) is 7.11 Å². The standard InChI is InChI=1S/C26H23N3O2S/c1-16-23(17(2)30)25(24-21-11-7-6-8-18(21)12-13-22(24)31-3)29-26(28-16)32-15-20-10-5-4-9-19(20)14-27/h4-13,25H,15H2,1-3H3,(H,28,29). The van der Waals surface area contributed by atoms with Crippen LogP contribution in [0.4, 0.5) is 0 Å². The van der Waals surface area contributed by atoms with Gasteiger partial charge in [0.1, 0.15) is 11.8 Å². The summed E-state index contributed by atoms with van der Waals surface area (Å²) < 4.78 is 5.70. The average molecular weight is 442 g/mol. The SMILES string of the molecule is COc1ccc2ccccc2c1C1N=C(SCc2ccccc2C#N)NC(C)=C1C(C)=O. The van der Waals surface area contributed by atoms with Gasteiger partial charge >= 0.3 is 0 Å². The first-order valence-electron chi connectivity index (χ1n) is 10.3.